The molecule has 108 valence electrons. The van der Waals surface area contributed by atoms with Gasteiger partial charge in [0, 0.05) is 32.3 Å². The van der Waals surface area contributed by atoms with Crippen LogP contribution in [0.4, 0.5) is 0 Å². The Hall–Kier alpha value is -0.540. The van der Waals surface area contributed by atoms with Crippen molar-refractivity contribution >= 4 is 34.5 Å². The SMILES string of the molecule is CCNC(Cc1ccc(CC)s1)c1ccc(Cl)cc1Cl. The van der Waals surface area contributed by atoms with Gasteiger partial charge in [-0.05, 0) is 42.8 Å². The van der Waals surface area contributed by atoms with Crippen LogP contribution in [-0.2, 0) is 12.8 Å². The zero-order valence-electron chi connectivity index (χ0n) is 11.7. The number of rotatable bonds is 6. The van der Waals surface area contributed by atoms with E-state index < -0.39 is 0 Å². The van der Waals surface area contributed by atoms with E-state index in [4.69, 9.17) is 23.2 Å². The van der Waals surface area contributed by atoms with Crippen molar-refractivity contribution in [1.29, 1.82) is 0 Å². The maximum absolute atomic E-state index is 6.34. The molecule has 1 atom stereocenters. The van der Waals surface area contributed by atoms with Crippen molar-refractivity contribution in [3.63, 3.8) is 0 Å². The lowest BCUT2D eigenvalue weighted by Gasteiger charge is -2.19. The first-order chi connectivity index (χ1) is 9.63. The highest BCUT2D eigenvalue weighted by Crippen LogP contribution is 2.30. The Bertz CT molecular complexity index is 565. The van der Waals surface area contributed by atoms with Crippen LogP contribution in [0.3, 0.4) is 0 Å². The molecular formula is C16H19Cl2NS. The van der Waals surface area contributed by atoms with E-state index in [1.54, 1.807) is 0 Å². The van der Waals surface area contributed by atoms with Crippen LogP contribution < -0.4 is 5.32 Å². The number of hydrogen-bond acceptors (Lipinski definition) is 2. The third-order valence-electron chi connectivity index (χ3n) is 3.26. The van der Waals surface area contributed by atoms with E-state index in [0.29, 0.717) is 5.02 Å². The fourth-order valence-corrected chi connectivity index (χ4v) is 3.79. The quantitative estimate of drug-likeness (QED) is 0.737. The molecule has 1 aromatic carbocycles. The maximum atomic E-state index is 6.34. The van der Waals surface area contributed by atoms with E-state index in [0.717, 1.165) is 30.0 Å². The molecule has 0 aliphatic heterocycles. The fourth-order valence-electron chi connectivity index (χ4n) is 2.25. The van der Waals surface area contributed by atoms with Gasteiger partial charge in [0.05, 0.1) is 0 Å². The molecule has 20 heavy (non-hydrogen) atoms. The molecule has 1 nitrogen and oxygen atoms in total. The average molecular weight is 328 g/mol. The molecule has 1 unspecified atom stereocenters. The van der Waals surface area contributed by atoms with Gasteiger partial charge in [-0.15, -0.1) is 11.3 Å². The average Bonchev–Trinajstić information content (AvgIpc) is 2.86. The molecule has 0 spiro atoms. The smallest absolute Gasteiger partial charge is 0.0468 e. The zero-order chi connectivity index (χ0) is 14.5. The lowest BCUT2D eigenvalue weighted by Crippen LogP contribution is -2.23. The molecular weight excluding hydrogens is 309 g/mol. The van der Waals surface area contributed by atoms with Gasteiger partial charge in [0.2, 0.25) is 0 Å². The second kappa shape index (κ2) is 7.46. The third kappa shape index (κ3) is 3.98. The monoisotopic (exact) mass is 327 g/mol. The number of thiophene rings is 1. The Morgan fingerprint density at radius 3 is 2.45 bits per heavy atom. The molecule has 0 fully saturated rings. The molecule has 2 aromatic rings. The summed E-state index contributed by atoms with van der Waals surface area (Å²) in [6.07, 6.45) is 2.05. The Morgan fingerprint density at radius 2 is 1.85 bits per heavy atom. The van der Waals surface area contributed by atoms with Crippen molar-refractivity contribution in [1.82, 2.24) is 5.32 Å². The van der Waals surface area contributed by atoms with Crippen molar-refractivity contribution in [3.05, 3.63) is 55.7 Å². The first-order valence-corrected chi connectivity index (χ1v) is 8.47. The van der Waals surface area contributed by atoms with E-state index in [1.807, 2.05) is 29.5 Å². The summed E-state index contributed by atoms with van der Waals surface area (Å²) in [7, 11) is 0. The topological polar surface area (TPSA) is 12.0 Å². The summed E-state index contributed by atoms with van der Waals surface area (Å²) < 4.78 is 0. The Balaban J connectivity index is 2.21. The minimum atomic E-state index is 0.230. The molecule has 1 aromatic heterocycles. The summed E-state index contributed by atoms with van der Waals surface area (Å²) in [5, 5.41) is 4.93. The number of likely N-dealkylation sites (N-methyl/N-ethyl adjacent to an activating group) is 1. The summed E-state index contributed by atoms with van der Waals surface area (Å²) in [4.78, 5) is 2.82. The molecule has 1 N–H and O–H groups in total. The first kappa shape index (κ1) is 15.8. The van der Waals surface area contributed by atoms with Gasteiger partial charge in [-0.25, -0.2) is 0 Å². The second-order valence-corrected chi connectivity index (χ2v) is 6.80. The van der Waals surface area contributed by atoms with Gasteiger partial charge in [0.15, 0.2) is 0 Å². The van der Waals surface area contributed by atoms with E-state index in [9.17, 15) is 0 Å². The largest absolute Gasteiger partial charge is 0.310 e. The molecule has 0 aliphatic rings. The molecule has 4 heteroatoms. The highest BCUT2D eigenvalue weighted by atomic mass is 35.5. The Kier molecular flexibility index (Phi) is 5.91. The first-order valence-electron chi connectivity index (χ1n) is 6.90. The van der Waals surface area contributed by atoms with E-state index in [1.165, 1.54) is 9.75 Å². The van der Waals surface area contributed by atoms with Crippen molar-refractivity contribution in [2.24, 2.45) is 0 Å². The van der Waals surface area contributed by atoms with Crippen molar-refractivity contribution in [2.45, 2.75) is 32.7 Å². The summed E-state index contributed by atoms with van der Waals surface area (Å²) in [5.41, 5.74) is 1.12. The van der Waals surface area contributed by atoms with Crippen LogP contribution in [0.1, 0.15) is 35.2 Å². The number of hydrogen-bond donors (Lipinski definition) is 1. The highest BCUT2D eigenvalue weighted by molar-refractivity contribution is 7.11. The lowest BCUT2D eigenvalue weighted by atomic mass is 10.0. The molecule has 0 saturated heterocycles. The van der Waals surface area contributed by atoms with Gasteiger partial charge in [-0.2, -0.15) is 0 Å². The zero-order valence-corrected chi connectivity index (χ0v) is 14.1. The molecule has 0 bridgehead atoms. The third-order valence-corrected chi connectivity index (χ3v) is 5.07. The molecule has 2 rings (SSSR count). The number of aryl methyl sites for hydroxylation is 1. The van der Waals surface area contributed by atoms with Crippen molar-refractivity contribution in [2.75, 3.05) is 6.54 Å². The van der Waals surface area contributed by atoms with Gasteiger partial charge in [-0.1, -0.05) is 43.1 Å². The maximum Gasteiger partial charge on any atom is 0.0468 e. The van der Waals surface area contributed by atoms with Crippen molar-refractivity contribution < 1.29 is 0 Å². The van der Waals surface area contributed by atoms with E-state index in [2.05, 4.69) is 31.3 Å². The summed E-state index contributed by atoms with van der Waals surface area (Å²) in [5.74, 6) is 0. The van der Waals surface area contributed by atoms with Gasteiger partial charge >= 0.3 is 0 Å². The summed E-state index contributed by atoms with van der Waals surface area (Å²) in [6.45, 7) is 5.21. The Labute approximate surface area is 134 Å². The minimum absolute atomic E-state index is 0.230. The van der Waals surface area contributed by atoms with Crippen LogP contribution in [0.25, 0.3) is 0 Å². The fraction of sp³-hybridized carbons (Fsp3) is 0.375. The van der Waals surface area contributed by atoms with Gasteiger partial charge < -0.3 is 5.32 Å². The highest BCUT2D eigenvalue weighted by Gasteiger charge is 2.15. The van der Waals surface area contributed by atoms with E-state index in [-0.39, 0.29) is 6.04 Å². The molecule has 0 amide bonds. The Morgan fingerprint density at radius 1 is 1.10 bits per heavy atom. The number of benzene rings is 1. The standard InChI is InChI=1S/C16H19Cl2NS/c1-3-12-6-7-13(20-12)10-16(19-4-2)14-8-5-11(17)9-15(14)18/h5-9,16,19H,3-4,10H2,1-2H3. The predicted molar refractivity (Wildman–Crippen MR) is 90.3 cm³/mol. The summed E-state index contributed by atoms with van der Waals surface area (Å²) >= 11 is 14.2. The summed E-state index contributed by atoms with van der Waals surface area (Å²) in [6, 6.07) is 10.4. The lowest BCUT2D eigenvalue weighted by molar-refractivity contribution is 0.553. The predicted octanol–water partition coefficient (Wildman–Crippen LogP) is 5.51. The van der Waals surface area contributed by atoms with Gasteiger partial charge in [0.1, 0.15) is 0 Å². The number of halogens is 2. The molecule has 0 saturated carbocycles. The van der Waals surface area contributed by atoms with Gasteiger partial charge in [-0.3, -0.25) is 0 Å². The van der Waals surface area contributed by atoms with Crippen LogP contribution in [0.15, 0.2) is 30.3 Å². The second-order valence-electron chi connectivity index (χ2n) is 4.70. The minimum Gasteiger partial charge on any atom is -0.310 e. The van der Waals surface area contributed by atoms with Gasteiger partial charge in [0.25, 0.3) is 0 Å². The molecule has 0 radical (unpaired) electrons. The van der Waals surface area contributed by atoms with E-state index >= 15 is 0 Å². The van der Waals surface area contributed by atoms with Crippen LogP contribution in [0, 0.1) is 0 Å². The van der Waals surface area contributed by atoms with Crippen LogP contribution in [-0.4, -0.2) is 6.54 Å². The molecule has 1 heterocycles. The normalized spacial score (nSPS) is 12.6. The number of nitrogens with one attached hydrogen (secondary N) is 1. The van der Waals surface area contributed by atoms with Crippen LogP contribution >= 0.6 is 34.5 Å². The molecule has 0 aliphatic carbocycles. The van der Waals surface area contributed by atoms with Crippen LogP contribution in [0.5, 0.6) is 0 Å². The van der Waals surface area contributed by atoms with Crippen molar-refractivity contribution in [3.8, 4) is 0 Å². The van der Waals surface area contributed by atoms with Crippen LogP contribution in [0.2, 0.25) is 10.0 Å².